The first kappa shape index (κ1) is 22.3. The molecule has 0 unspecified atom stereocenters. The van der Waals surface area contributed by atoms with Crippen LogP contribution in [-0.2, 0) is 17.6 Å². The summed E-state index contributed by atoms with van der Waals surface area (Å²) in [6.45, 7) is 4.90. The molecule has 0 bridgehead atoms. The van der Waals surface area contributed by atoms with Gasteiger partial charge < -0.3 is 14.8 Å². The second-order valence-corrected chi connectivity index (χ2v) is 7.35. The van der Waals surface area contributed by atoms with Crippen LogP contribution in [0.25, 0.3) is 0 Å². The van der Waals surface area contributed by atoms with E-state index in [1.807, 2.05) is 6.07 Å². The second kappa shape index (κ2) is 8.55. The van der Waals surface area contributed by atoms with Gasteiger partial charge in [0.25, 0.3) is 11.7 Å². The minimum absolute atomic E-state index is 0.0460. The van der Waals surface area contributed by atoms with E-state index in [2.05, 4.69) is 5.32 Å². The van der Waals surface area contributed by atoms with E-state index in [-0.39, 0.29) is 18.1 Å². The molecule has 2 aromatic rings. The summed E-state index contributed by atoms with van der Waals surface area (Å²) in [6.07, 6.45) is -4.86. The maximum Gasteiger partial charge on any atom is 0.417 e. The average molecular weight is 409 g/mol. The number of halogens is 3. The highest BCUT2D eigenvalue weighted by molar-refractivity contribution is 6.43. The van der Waals surface area contributed by atoms with Gasteiger partial charge in [-0.3, -0.25) is 9.59 Å². The van der Waals surface area contributed by atoms with Crippen molar-refractivity contribution in [1.82, 2.24) is 5.32 Å². The molecule has 0 aliphatic carbocycles. The van der Waals surface area contributed by atoms with Crippen LogP contribution >= 0.6 is 0 Å². The van der Waals surface area contributed by atoms with Crippen molar-refractivity contribution in [2.24, 2.45) is 0 Å². The van der Waals surface area contributed by atoms with Gasteiger partial charge >= 0.3 is 6.18 Å². The predicted octanol–water partition coefficient (Wildman–Crippen LogP) is 4.39. The first-order valence-electron chi connectivity index (χ1n) is 8.75. The van der Waals surface area contributed by atoms with E-state index < -0.39 is 34.5 Å². The van der Waals surface area contributed by atoms with Gasteiger partial charge in [-0.2, -0.15) is 13.2 Å². The first-order chi connectivity index (χ1) is 13.4. The quantitative estimate of drug-likeness (QED) is 0.568. The Hall–Kier alpha value is -3.03. The van der Waals surface area contributed by atoms with Gasteiger partial charge in [0.2, 0.25) is 0 Å². The van der Waals surface area contributed by atoms with E-state index >= 15 is 0 Å². The van der Waals surface area contributed by atoms with Gasteiger partial charge in [0.15, 0.2) is 11.5 Å². The SMILES string of the molecule is COc1cc(C(F)(F)F)c(C(=O)C(=O)NC(C)(C)C)cc1OCc1ccccc1. The molecule has 1 N–H and O–H groups in total. The van der Waals surface area contributed by atoms with Gasteiger partial charge in [-0.1, -0.05) is 30.3 Å². The van der Waals surface area contributed by atoms with E-state index in [0.717, 1.165) is 11.6 Å². The molecule has 0 spiro atoms. The zero-order chi connectivity index (χ0) is 21.8. The number of methoxy groups -OCH3 is 1. The maximum atomic E-state index is 13.5. The molecule has 156 valence electrons. The normalized spacial score (nSPS) is 11.7. The van der Waals surface area contributed by atoms with Gasteiger partial charge in [0, 0.05) is 11.1 Å². The molecule has 2 aromatic carbocycles. The van der Waals surface area contributed by atoms with Crippen LogP contribution in [-0.4, -0.2) is 24.3 Å². The van der Waals surface area contributed by atoms with Crippen LogP contribution in [0.4, 0.5) is 13.2 Å². The van der Waals surface area contributed by atoms with E-state index in [4.69, 9.17) is 9.47 Å². The van der Waals surface area contributed by atoms with Gasteiger partial charge in [0.1, 0.15) is 6.61 Å². The molecule has 0 atom stereocenters. The molecule has 0 heterocycles. The highest BCUT2D eigenvalue weighted by atomic mass is 19.4. The number of alkyl halides is 3. The molecule has 2 rings (SSSR count). The fourth-order valence-electron chi connectivity index (χ4n) is 2.51. The van der Waals surface area contributed by atoms with E-state index in [0.29, 0.717) is 6.07 Å². The Balaban J connectivity index is 2.46. The van der Waals surface area contributed by atoms with Crippen LogP contribution in [0.5, 0.6) is 11.5 Å². The standard InChI is InChI=1S/C21H22F3NO4/c1-20(2,3)25-19(27)18(26)14-10-17(29-12-13-8-6-5-7-9-13)16(28-4)11-15(14)21(22,23)24/h5-11H,12H2,1-4H3,(H,25,27). The van der Waals surface area contributed by atoms with Gasteiger partial charge in [-0.25, -0.2) is 0 Å². The number of ether oxygens (including phenoxy) is 2. The highest BCUT2D eigenvalue weighted by Gasteiger charge is 2.38. The summed E-state index contributed by atoms with van der Waals surface area (Å²) in [6, 6.07) is 10.5. The Morgan fingerprint density at radius 3 is 2.14 bits per heavy atom. The smallest absolute Gasteiger partial charge is 0.417 e. The third-order valence-corrected chi connectivity index (χ3v) is 3.79. The Morgan fingerprint density at radius 1 is 1.00 bits per heavy atom. The van der Waals surface area contributed by atoms with Crippen molar-refractivity contribution in [3.63, 3.8) is 0 Å². The van der Waals surface area contributed by atoms with Gasteiger partial charge in [-0.15, -0.1) is 0 Å². The van der Waals surface area contributed by atoms with Crippen molar-refractivity contribution in [3.8, 4) is 11.5 Å². The highest BCUT2D eigenvalue weighted by Crippen LogP contribution is 2.39. The Morgan fingerprint density at radius 2 is 1.62 bits per heavy atom. The van der Waals surface area contributed by atoms with Crippen molar-refractivity contribution in [2.75, 3.05) is 7.11 Å². The monoisotopic (exact) mass is 409 g/mol. The third kappa shape index (κ3) is 5.97. The van der Waals surface area contributed by atoms with E-state index in [1.54, 1.807) is 45.0 Å². The second-order valence-electron chi connectivity index (χ2n) is 7.35. The van der Waals surface area contributed by atoms with Crippen LogP contribution in [0, 0.1) is 0 Å². The number of hydrogen-bond acceptors (Lipinski definition) is 4. The van der Waals surface area contributed by atoms with Crippen molar-refractivity contribution in [3.05, 3.63) is 59.2 Å². The number of nitrogens with one attached hydrogen (secondary N) is 1. The van der Waals surface area contributed by atoms with Crippen molar-refractivity contribution >= 4 is 11.7 Å². The minimum Gasteiger partial charge on any atom is -0.493 e. The number of carbonyl (C=O) groups excluding carboxylic acids is 2. The van der Waals surface area contributed by atoms with Crippen LogP contribution < -0.4 is 14.8 Å². The van der Waals surface area contributed by atoms with Crippen LogP contribution in [0.1, 0.15) is 42.3 Å². The number of ketones is 1. The van der Waals surface area contributed by atoms with Crippen molar-refractivity contribution in [1.29, 1.82) is 0 Å². The van der Waals surface area contributed by atoms with Gasteiger partial charge in [-0.05, 0) is 38.5 Å². The number of hydrogen-bond donors (Lipinski definition) is 1. The maximum absolute atomic E-state index is 13.5. The predicted molar refractivity (Wildman–Crippen MR) is 101 cm³/mol. The van der Waals surface area contributed by atoms with Crippen LogP contribution in [0.3, 0.4) is 0 Å². The molecule has 8 heteroatoms. The number of carbonyl (C=O) groups is 2. The molecule has 0 aromatic heterocycles. The first-order valence-corrected chi connectivity index (χ1v) is 8.75. The van der Waals surface area contributed by atoms with Crippen molar-refractivity contribution in [2.45, 2.75) is 39.1 Å². The molecular formula is C21H22F3NO4. The average Bonchev–Trinajstić information content (AvgIpc) is 2.63. The largest absolute Gasteiger partial charge is 0.493 e. The molecule has 0 radical (unpaired) electrons. The molecule has 0 aliphatic rings. The molecular weight excluding hydrogens is 387 g/mol. The number of Topliss-reactive ketones (excluding diaryl/α,β-unsaturated/α-hetero) is 1. The zero-order valence-electron chi connectivity index (χ0n) is 16.5. The summed E-state index contributed by atoms with van der Waals surface area (Å²) in [4.78, 5) is 24.7. The summed E-state index contributed by atoms with van der Waals surface area (Å²) in [5, 5.41) is 2.37. The van der Waals surface area contributed by atoms with Crippen LogP contribution in [0.15, 0.2) is 42.5 Å². The summed E-state index contributed by atoms with van der Waals surface area (Å²) in [5.74, 6) is -2.71. The number of amides is 1. The number of benzene rings is 2. The fourth-order valence-corrected chi connectivity index (χ4v) is 2.51. The third-order valence-electron chi connectivity index (χ3n) is 3.79. The summed E-state index contributed by atoms with van der Waals surface area (Å²) in [5.41, 5.74) is -2.09. The lowest BCUT2D eigenvalue weighted by Crippen LogP contribution is -2.44. The van der Waals surface area contributed by atoms with Crippen LogP contribution in [0.2, 0.25) is 0 Å². The topological polar surface area (TPSA) is 64.6 Å². The molecule has 0 saturated heterocycles. The molecule has 0 saturated carbocycles. The van der Waals surface area contributed by atoms with E-state index in [1.165, 1.54) is 7.11 Å². The summed E-state index contributed by atoms with van der Waals surface area (Å²) >= 11 is 0. The lowest BCUT2D eigenvalue weighted by molar-refractivity contribution is -0.138. The molecule has 5 nitrogen and oxygen atoms in total. The molecule has 0 fully saturated rings. The number of rotatable bonds is 6. The zero-order valence-corrected chi connectivity index (χ0v) is 16.5. The molecule has 1 amide bonds. The van der Waals surface area contributed by atoms with E-state index in [9.17, 15) is 22.8 Å². The molecule has 0 aliphatic heterocycles. The molecule has 29 heavy (non-hydrogen) atoms. The fraction of sp³-hybridized carbons (Fsp3) is 0.333. The Labute approximate surface area is 166 Å². The lowest BCUT2D eigenvalue weighted by Gasteiger charge is -2.21. The van der Waals surface area contributed by atoms with Crippen molar-refractivity contribution < 1.29 is 32.2 Å². The Bertz CT molecular complexity index is 887. The van der Waals surface area contributed by atoms with Gasteiger partial charge in [0.05, 0.1) is 12.7 Å². The Kier molecular flexibility index (Phi) is 6.56. The lowest BCUT2D eigenvalue weighted by atomic mass is 10.00. The summed E-state index contributed by atoms with van der Waals surface area (Å²) in [7, 11) is 1.19. The minimum atomic E-state index is -4.86. The summed E-state index contributed by atoms with van der Waals surface area (Å²) < 4.78 is 51.2.